The van der Waals surface area contributed by atoms with Gasteiger partial charge in [0, 0.05) is 35.5 Å². The Morgan fingerprint density at radius 3 is 2.62 bits per heavy atom. The van der Waals surface area contributed by atoms with Crippen molar-refractivity contribution in [2.75, 3.05) is 18.9 Å². The molecule has 0 aliphatic rings. The number of terminal acetylenes is 1. The van der Waals surface area contributed by atoms with E-state index < -0.39 is 16.7 Å². The summed E-state index contributed by atoms with van der Waals surface area (Å²) in [6, 6.07) is 11.0. The molecule has 0 saturated heterocycles. The molecule has 0 bridgehead atoms. The van der Waals surface area contributed by atoms with Crippen LogP contribution in [0.3, 0.4) is 0 Å². The van der Waals surface area contributed by atoms with E-state index in [1.165, 1.54) is 37.1 Å². The summed E-state index contributed by atoms with van der Waals surface area (Å²) in [6.07, 6.45) is 5.32. The first-order chi connectivity index (χ1) is 12.3. The topological polar surface area (TPSA) is 92.6 Å². The van der Waals surface area contributed by atoms with Gasteiger partial charge in [0.15, 0.2) is 0 Å². The summed E-state index contributed by atoms with van der Waals surface area (Å²) >= 11 is 0. The van der Waals surface area contributed by atoms with Crippen molar-refractivity contribution in [3.05, 3.63) is 69.3 Å². The van der Waals surface area contributed by atoms with E-state index in [0.29, 0.717) is 11.3 Å². The molecule has 2 aromatic carbocycles. The molecule has 0 spiro atoms. The number of hydrogen-bond donors (Lipinski definition) is 1. The first kappa shape index (κ1) is 18.7. The van der Waals surface area contributed by atoms with E-state index in [9.17, 15) is 19.7 Å². The molecule has 7 heteroatoms. The van der Waals surface area contributed by atoms with Crippen LogP contribution in [0.2, 0.25) is 0 Å². The second-order valence-corrected chi connectivity index (χ2v) is 5.64. The van der Waals surface area contributed by atoms with Gasteiger partial charge in [0.25, 0.3) is 11.6 Å². The maximum absolute atomic E-state index is 12.5. The SMILES string of the molecule is C#Cc1cccc(NC(=O)CN(C)C(=O)c2cccc([N+](=O)[O-])c2C)c1. The quantitative estimate of drug-likeness (QED) is 0.509. The molecule has 0 saturated carbocycles. The molecule has 0 unspecified atom stereocenters. The summed E-state index contributed by atoms with van der Waals surface area (Å²) in [5.41, 5.74) is 1.46. The summed E-state index contributed by atoms with van der Waals surface area (Å²) < 4.78 is 0. The van der Waals surface area contributed by atoms with Crippen LogP contribution in [0.5, 0.6) is 0 Å². The number of hydrogen-bond acceptors (Lipinski definition) is 4. The van der Waals surface area contributed by atoms with Crippen LogP contribution in [0.25, 0.3) is 0 Å². The zero-order chi connectivity index (χ0) is 19.3. The first-order valence-electron chi connectivity index (χ1n) is 7.69. The lowest BCUT2D eigenvalue weighted by Gasteiger charge is -2.18. The van der Waals surface area contributed by atoms with Crippen LogP contribution >= 0.6 is 0 Å². The predicted octanol–water partition coefficient (Wildman–Crippen LogP) is 2.60. The van der Waals surface area contributed by atoms with Crippen LogP contribution in [0, 0.1) is 29.4 Å². The molecule has 2 aromatic rings. The summed E-state index contributed by atoms with van der Waals surface area (Å²) in [6.45, 7) is 1.30. The van der Waals surface area contributed by atoms with Crippen molar-refractivity contribution in [2.24, 2.45) is 0 Å². The number of nitro benzene ring substituents is 1. The Balaban J connectivity index is 2.09. The van der Waals surface area contributed by atoms with Gasteiger partial charge in [-0.15, -0.1) is 6.42 Å². The molecule has 26 heavy (non-hydrogen) atoms. The molecule has 0 radical (unpaired) electrons. The lowest BCUT2D eigenvalue weighted by atomic mass is 10.1. The molecule has 1 N–H and O–H groups in total. The Kier molecular flexibility index (Phi) is 5.71. The van der Waals surface area contributed by atoms with Crippen LogP contribution in [0.4, 0.5) is 11.4 Å². The molecule has 0 aliphatic carbocycles. The molecule has 0 fully saturated rings. The second kappa shape index (κ2) is 7.94. The van der Waals surface area contributed by atoms with E-state index in [4.69, 9.17) is 6.42 Å². The van der Waals surface area contributed by atoms with Crippen LogP contribution in [-0.2, 0) is 4.79 Å². The van der Waals surface area contributed by atoms with Gasteiger partial charge in [-0.3, -0.25) is 19.7 Å². The van der Waals surface area contributed by atoms with Gasteiger partial charge in [-0.1, -0.05) is 18.1 Å². The van der Waals surface area contributed by atoms with Gasteiger partial charge >= 0.3 is 0 Å². The van der Waals surface area contributed by atoms with E-state index in [1.807, 2.05) is 0 Å². The van der Waals surface area contributed by atoms with E-state index >= 15 is 0 Å². The van der Waals surface area contributed by atoms with Crippen LogP contribution < -0.4 is 5.32 Å². The second-order valence-electron chi connectivity index (χ2n) is 5.64. The van der Waals surface area contributed by atoms with Gasteiger partial charge in [-0.2, -0.15) is 0 Å². The van der Waals surface area contributed by atoms with Crippen molar-refractivity contribution in [1.29, 1.82) is 0 Å². The Morgan fingerprint density at radius 2 is 1.96 bits per heavy atom. The van der Waals surface area contributed by atoms with E-state index in [0.717, 1.165) is 0 Å². The zero-order valence-electron chi connectivity index (χ0n) is 14.4. The van der Waals surface area contributed by atoms with Crippen molar-refractivity contribution in [3.8, 4) is 12.3 Å². The largest absolute Gasteiger partial charge is 0.332 e. The highest BCUT2D eigenvalue weighted by Gasteiger charge is 2.21. The minimum atomic E-state index is -0.544. The number of carbonyl (C=O) groups excluding carboxylic acids is 2. The molecule has 0 aliphatic heterocycles. The molecule has 132 valence electrons. The maximum Gasteiger partial charge on any atom is 0.273 e. The van der Waals surface area contributed by atoms with Gasteiger partial charge in [-0.05, 0) is 31.2 Å². The average Bonchev–Trinajstić information content (AvgIpc) is 2.61. The highest BCUT2D eigenvalue weighted by atomic mass is 16.6. The monoisotopic (exact) mass is 351 g/mol. The normalized spacial score (nSPS) is 9.88. The number of nitro groups is 1. The van der Waals surface area contributed by atoms with Gasteiger partial charge < -0.3 is 10.2 Å². The fourth-order valence-electron chi connectivity index (χ4n) is 2.43. The molecule has 2 amide bonds. The standard InChI is InChI=1S/C19H17N3O4/c1-4-14-7-5-8-15(11-14)20-18(23)12-21(3)19(24)16-9-6-10-17(13(16)2)22(25)26/h1,5-11H,12H2,2-3H3,(H,20,23). The number of nitrogens with zero attached hydrogens (tertiary/aromatic N) is 2. The number of anilines is 1. The summed E-state index contributed by atoms with van der Waals surface area (Å²) in [5.74, 6) is 1.59. The number of amides is 2. The first-order valence-corrected chi connectivity index (χ1v) is 7.69. The highest BCUT2D eigenvalue weighted by molar-refractivity contribution is 6.00. The van der Waals surface area contributed by atoms with Gasteiger partial charge in [0.2, 0.25) is 5.91 Å². The van der Waals surface area contributed by atoms with Gasteiger partial charge in [-0.25, -0.2) is 0 Å². The van der Waals surface area contributed by atoms with Crippen LogP contribution in [0.15, 0.2) is 42.5 Å². The third kappa shape index (κ3) is 4.24. The molecular formula is C19H17N3O4. The molecule has 7 nitrogen and oxygen atoms in total. The Morgan fingerprint density at radius 1 is 1.27 bits per heavy atom. The van der Waals surface area contributed by atoms with Crippen LogP contribution in [-0.4, -0.2) is 35.2 Å². The van der Waals surface area contributed by atoms with Gasteiger partial charge in [0.05, 0.1) is 11.5 Å². The lowest BCUT2D eigenvalue weighted by molar-refractivity contribution is -0.385. The fraction of sp³-hybridized carbons (Fsp3) is 0.158. The fourth-order valence-corrected chi connectivity index (χ4v) is 2.43. The summed E-state index contributed by atoms with van der Waals surface area (Å²) in [4.78, 5) is 36.3. The molecule has 0 heterocycles. The average molecular weight is 351 g/mol. The molecular weight excluding hydrogens is 334 g/mol. The number of rotatable bonds is 5. The molecule has 0 aromatic heterocycles. The minimum Gasteiger partial charge on any atom is -0.332 e. The van der Waals surface area contributed by atoms with E-state index in [1.54, 1.807) is 24.3 Å². The van der Waals surface area contributed by atoms with Crippen molar-refractivity contribution in [2.45, 2.75) is 6.92 Å². The van der Waals surface area contributed by atoms with Crippen molar-refractivity contribution < 1.29 is 14.5 Å². The van der Waals surface area contributed by atoms with Crippen molar-refractivity contribution in [3.63, 3.8) is 0 Å². The Labute approximate surface area is 150 Å². The lowest BCUT2D eigenvalue weighted by Crippen LogP contribution is -2.35. The third-order valence-corrected chi connectivity index (χ3v) is 3.77. The van der Waals surface area contributed by atoms with E-state index in [-0.39, 0.29) is 23.4 Å². The number of nitrogens with one attached hydrogen (secondary N) is 1. The third-order valence-electron chi connectivity index (χ3n) is 3.77. The predicted molar refractivity (Wildman–Crippen MR) is 97.8 cm³/mol. The number of likely N-dealkylation sites (N-methyl/N-ethyl adjacent to an activating group) is 1. The summed E-state index contributed by atoms with van der Waals surface area (Å²) in [5, 5.41) is 13.7. The number of benzene rings is 2. The zero-order valence-corrected chi connectivity index (χ0v) is 14.4. The summed E-state index contributed by atoms with van der Waals surface area (Å²) in [7, 11) is 1.46. The van der Waals surface area contributed by atoms with Crippen molar-refractivity contribution >= 4 is 23.2 Å². The smallest absolute Gasteiger partial charge is 0.273 e. The van der Waals surface area contributed by atoms with Gasteiger partial charge in [0.1, 0.15) is 0 Å². The Hall–Kier alpha value is -3.66. The number of carbonyl (C=O) groups is 2. The van der Waals surface area contributed by atoms with Crippen LogP contribution in [0.1, 0.15) is 21.5 Å². The highest BCUT2D eigenvalue weighted by Crippen LogP contribution is 2.22. The minimum absolute atomic E-state index is 0.139. The molecule has 0 atom stereocenters. The molecule has 2 rings (SSSR count). The van der Waals surface area contributed by atoms with E-state index in [2.05, 4.69) is 11.2 Å². The Bertz CT molecular complexity index is 915. The van der Waals surface area contributed by atoms with Crippen molar-refractivity contribution in [1.82, 2.24) is 4.90 Å². The maximum atomic E-state index is 12.5.